The molecule has 0 unspecified atom stereocenters. The number of rotatable bonds is 6. The Morgan fingerprint density at radius 2 is 1.90 bits per heavy atom. The molecule has 0 bridgehead atoms. The van der Waals surface area contributed by atoms with Crippen LogP contribution in [0.4, 0.5) is 10.6 Å². The van der Waals surface area contributed by atoms with Gasteiger partial charge in [-0.15, -0.1) is 0 Å². The predicted octanol–water partition coefficient (Wildman–Crippen LogP) is 2.73. The van der Waals surface area contributed by atoms with Crippen molar-refractivity contribution in [2.45, 2.75) is 12.6 Å². The van der Waals surface area contributed by atoms with Gasteiger partial charge in [-0.2, -0.15) is 5.10 Å². The zero-order chi connectivity index (χ0) is 20.1. The second kappa shape index (κ2) is 8.49. The Kier molecular flexibility index (Phi) is 5.44. The normalized spacial score (nSPS) is 11.9. The zero-order valence-electron chi connectivity index (χ0n) is 15.6. The highest BCUT2D eigenvalue weighted by Crippen LogP contribution is 2.18. The smallest absolute Gasteiger partial charge is 0.320 e. The molecule has 0 fully saturated rings. The van der Waals surface area contributed by atoms with Crippen molar-refractivity contribution in [3.63, 3.8) is 0 Å². The first-order valence-corrected chi connectivity index (χ1v) is 9.17. The van der Waals surface area contributed by atoms with Crippen LogP contribution in [0.1, 0.15) is 17.2 Å². The van der Waals surface area contributed by atoms with Crippen LogP contribution in [0, 0.1) is 0 Å². The van der Waals surface area contributed by atoms with Crippen molar-refractivity contribution in [2.24, 2.45) is 0 Å². The van der Waals surface area contributed by atoms with Gasteiger partial charge in [0.15, 0.2) is 0 Å². The Labute approximate surface area is 167 Å². The molecule has 146 valence electrons. The van der Waals surface area contributed by atoms with Gasteiger partial charge in [0.1, 0.15) is 5.82 Å². The first-order chi connectivity index (χ1) is 14.2. The third kappa shape index (κ3) is 4.39. The molecule has 0 spiro atoms. The lowest BCUT2D eigenvalue weighted by Gasteiger charge is -2.17. The highest BCUT2D eigenvalue weighted by Gasteiger charge is 2.14. The van der Waals surface area contributed by atoms with Gasteiger partial charge in [-0.05, 0) is 29.3 Å². The van der Waals surface area contributed by atoms with E-state index in [1.54, 1.807) is 30.9 Å². The Bertz CT molecular complexity index is 1100. The van der Waals surface area contributed by atoms with Crippen molar-refractivity contribution in [3.05, 3.63) is 84.4 Å². The standard InChI is InChI=1S/C21H20N6O2/c28-14-18(16-4-2-1-3-5-16)25-21(29)26-20-10-17-11-24-27(19(17)12-23-20)13-15-6-8-22-9-7-15/h1-12,18,28H,13-14H2,(H2,23,25,26,29)/t18-/m1/s1. The number of pyridine rings is 2. The second-order valence-electron chi connectivity index (χ2n) is 6.53. The third-order valence-electron chi connectivity index (χ3n) is 4.54. The van der Waals surface area contributed by atoms with Crippen LogP contribution in [0.15, 0.2) is 73.3 Å². The van der Waals surface area contributed by atoms with Crippen LogP contribution in [0.3, 0.4) is 0 Å². The summed E-state index contributed by atoms with van der Waals surface area (Å²) in [6.07, 6.45) is 6.91. The van der Waals surface area contributed by atoms with Gasteiger partial charge in [0, 0.05) is 17.8 Å². The zero-order valence-corrected chi connectivity index (χ0v) is 15.6. The number of benzene rings is 1. The highest BCUT2D eigenvalue weighted by atomic mass is 16.3. The molecule has 3 N–H and O–H groups in total. The average Bonchev–Trinajstić information content (AvgIpc) is 3.15. The summed E-state index contributed by atoms with van der Waals surface area (Å²) in [5, 5.41) is 20.3. The molecule has 29 heavy (non-hydrogen) atoms. The van der Waals surface area contributed by atoms with E-state index < -0.39 is 12.1 Å². The van der Waals surface area contributed by atoms with Crippen molar-refractivity contribution in [2.75, 3.05) is 11.9 Å². The van der Waals surface area contributed by atoms with Crippen molar-refractivity contribution in [3.8, 4) is 0 Å². The molecule has 3 heterocycles. The Morgan fingerprint density at radius 3 is 2.66 bits per heavy atom. The molecule has 8 nitrogen and oxygen atoms in total. The summed E-state index contributed by atoms with van der Waals surface area (Å²) in [7, 11) is 0. The van der Waals surface area contributed by atoms with Gasteiger partial charge < -0.3 is 10.4 Å². The molecule has 2 amide bonds. The molecular weight excluding hydrogens is 368 g/mol. The molecule has 0 saturated heterocycles. The minimum absolute atomic E-state index is 0.203. The van der Waals surface area contributed by atoms with E-state index in [4.69, 9.17) is 0 Å². The summed E-state index contributed by atoms with van der Waals surface area (Å²) in [5.74, 6) is 0.406. The summed E-state index contributed by atoms with van der Waals surface area (Å²) in [6.45, 7) is 0.405. The number of aliphatic hydroxyl groups is 1. The van der Waals surface area contributed by atoms with E-state index in [2.05, 4.69) is 25.7 Å². The van der Waals surface area contributed by atoms with Crippen LogP contribution in [0.5, 0.6) is 0 Å². The van der Waals surface area contributed by atoms with E-state index in [0.29, 0.717) is 12.4 Å². The maximum Gasteiger partial charge on any atom is 0.320 e. The fraction of sp³-hybridized carbons (Fsp3) is 0.143. The number of fused-ring (bicyclic) bond motifs is 1. The lowest BCUT2D eigenvalue weighted by atomic mass is 10.1. The van der Waals surface area contributed by atoms with Crippen LogP contribution in [0.25, 0.3) is 10.9 Å². The van der Waals surface area contributed by atoms with E-state index in [1.165, 1.54) is 0 Å². The largest absolute Gasteiger partial charge is 0.394 e. The number of amides is 2. The summed E-state index contributed by atoms with van der Waals surface area (Å²) < 4.78 is 1.85. The molecule has 0 aliphatic heterocycles. The van der Waals surface area contributed by atoms with E-state index in [9.17, 15) is 9.90 Å². The van der Waals surface area contributed by atoms with Gasteiger partial charge in [-0.25, -0.2) is 9.78 Å². The number of urea groups is 1. The first-order valence-electron chi connectivity index (χ1n) is 9.17. The number of anilines is 1. The van der Waals surface area contributed by atoms with E-state index in [0.717, 1.165) is 22.0 Å². The molecule has 4 rings (SSSR count). The molecular formula is C21H20N6O2. The molecule has 0 aliphatic carbocycles. The molecule has 0 aliphatic rings. The molecule has 0 saturated carbocycles. The van der Waals surface area contributed by atoms with Crippen molar-refractivity contribution >= 4 is 22.8 Å². The third-order valence-corrected chi connectivity index (χ3v) is 4.54. The molecule has 3 aromatic heterocycles. The number of nitrogens with zero attached hydrogens (tertiary/aromatic N) is 4. The predicted molar refractivity (Wildman–Crippen MR) is 109 cm³/mol. The van der Waals surface area contributed by atoms with Crippen LogP contribution < -0.4 is 10.6 Å². The van der Waals surface area contributed by atoms with E-state index >= 15 is 0 Å². The van der Waals surface area contributed by atoms with Gasteiger partial charge in [0.05, 0.1) is 37.1 Å². The van der Waals surface area contributed by atoms with Crippen molar-refractivity contribution < 1.29 is 9.90 Å². The Morgan fingerprint density at radius 1 is 1.10 bits per heavy atom. The maximum absolute atomic E-state index is 12.3. The molecule has 1 aromatic carbocycles. The van der Waals surface area contributed by atoms with Crippen molar-refractivity contribution in [1.82, 2.24) is 25.1 Å². The number of hydrogen-bond acceptors (Lipinski definition) is 5. The van der Waals surface area contributed by atoms with Gasteiger partial charge >= 0.3 is 6.03 Å². The monoisotopic (exact) mass is 388 g/mol. The van der Waals surface area contributed by atoms with Gasteiger partial charge in [-0.3, -0.25) is 15.0 Å². The Balaban J connectivity index is 1.45. The summed E-state index contributed by atoms with van der Waals surface area (Å²) in [5.41, 5.74) is 2.78. The topological polar surface area (TPSA) is 105 Å². The molecule has 1 atom stereocenters. The Hall–Kier alpha value is -3.78. The first kappa shape index (κ1) is 18.6. The van der Waals surface area contributed by atoms with Crippen LogP contribution in [-0.2, 0) is 6.54 Å². The number of carbonyl (C=O) groups is 1. The lowest BCUT2D eigenvalue weighted by Crippen LogP contribution is -2.34. The van der Waals surface area contributed by atoms with E-state index in [-0.39, 0.29) is 6.61 Å². The number of aromatic nitrogens is 4. The SMILES string of the molecule is O=C(Nc1cc2cnn(Cc3ccncc3)c2cn1)N[C@H](CO)c1ccccc1. The van der Waals surface area contributed by atoms with Gasteiger partial charge in [-0.1, -0.05) is 30.3 Å². The van der Waals surface area contributed by atoms with Gasteiger partial charge in [0.2, 0.25) is 0 Å². The molecule has 4 aromatic rings. The number of nitrogens with one attached hydrogen (secondary N) is 2. The lowest BCUT2D eigenvalue weighted by molar-refractivity contribution is 0.225. The molecule has 0 radical (unpaired) electrons. The van der Waals surface area contributed by atoms with Crippen molar-refractivity contribution in [1.29, 1.82) is 0 Å². The fourth-order valence-corrected chi connectivity index (χ4v) is 3.06. The quantitative estimate of drug-likeness (QED) is 0.471. The number of aliphatic hydroxyl groups excluding tert-OH is 1. The average molecular weight is 388 g/mol. The minimum atomic E-state index is -0.497. The summed E-state index contributed by atoms with van der Waals surface area (Å²) in [4.78, 5) is 20.7. The van der Waals surface area contributed by atoms with Crippen LogP contribution in [0.2, 0.25) is 0 Å². The number of carbonyl (C=O) groups excluding carboxylic acids is 1. The maximum atomic E-state index is 12.3. The number of hydrogen-bond donors (Lipinski definition) is 3. The summed E-state index contributed by atoms with van der Waals surface area (Å²) in [6, 6.07) is 14.0. The van der Waals surface area contributed by atoms with Crippen LogP contribution >= 0.6 is 0 Å². The highest BCUT2D eigenvalue weighted by molar-refractivity contribution is 5.91. The van der Waals surface area contributed by atoms with Crippen LogP contribution in [-0.4, -0.2) is 37.5 Å². The van der Waals surface area contributed by atoms with E-state index in [1.807, 2.05) is 47.1 Å². The second-order valence-corrected chi connectivity index (χ2v) is 6.53. The summed E-state index contributed by atoms with van der Waals surface area (Å²) >= 11 is 0. The minimum Gasteiger partial charge on any atom is -0.394 e. The fourth-order valence-electron chi connectivity index (χ4n) is 3.06. The molecule has 8 heteroatoms. The van der Waals surface area contributed by atoms with Gasteiger partial charge in [0.25, 0.3) is 0 Å².